The number of methoxy groups -OCH3 is 1. The quantitative estimate of drug-likeness (QED) is 0.258. The van der Waals surface area contributed by atoms with E-state index in [9.17, 15) is 9.59 Å². The molecule has 0 bridgehead atoms. The summed E-state index contributed by atoms with van der Waals surface area (Å²) in [4.78, 5) is 27.5. The number of rotatable bonds is 12. The van der Waals surface area contributed by atoms with E-state index in [0.717, 1.165) is 29.2 Å². The molecule has 7 heteroatoms. The van der Waals surface area contributed by atoms with Crippen molar-refractivity contribution in [2.45, 2.75) is 66.2 Å². The zero-order valence-electron chi connectivity index (χ0n) is 21.5. The highest BCUT2D eigenvalue weighted by molar-refractivity contribution is 6.35. The topological polar surface area (TPSA) is 79.9 Å². The smallest absolute Gasteiger partial charge is 0.376 e. The van der Waals surface area contributed by atoms with Crippen LogP contribution < -0.4 is 20.5 Å². The molecule has 0 radical (unpaired) electrons. The lowest BCUT2D eigenvalue weighted by atomic mass is 10.0. The third-order valence-electron chi connectivity index (χ3n) is 5.16. The van der Waals surface area contributed by atoms with Gasteiger partial charge in [-0.15, -0.1) is 0 Å². The van der Waals surface area contributed by atoms with Crippen LogP contribution in [0.25, 0.3) is 0 Å². The first-order valence-electron chi connectivity index (χ1n) is 11.8. The molecule has 1 unspecified atom stereocenters. The number of nitrogens with one attached hydrogen (secondary N) is 2. The number of hydrogen-bond donors (Lipinski definition) is 2. The molecular formula is C27H39N3O4. The van der Waals surface area contributed by atoms with Gasteiger partial charge in [0.25, 0.3) is 5.78 Å². The second-order valence-corrected chi connectivity index (χ2v) is 9.70. The van der Waals surface area contributed by atoms with E-state index in [4.69, 9.17) is 9.47 Å². The number of ketones is 1. The molecule has 2 aromatic rings. The Morgan fingerprint density at radius 1 is 1.03 bits per heavy atom. The molecule has 1 atom stereocenters. The minimum absolute atomic E-state index is 0.211. The van der Waals surface area contributed by atoms with Crippen molar-refractivity contribution in [3.8, 4) is 5.75 Å². The molecule has 0 aliphatic carbocycles. The zero-order valence-corrected chi connectivity index (χ0v) is 21.5. The van der Waals surface area contributed by atoms with Crippen molar-refractivity contribution in [2.24, 2.45) is 5.92 Å². The number of hydrazine groups is 1. The Labute approximate surface area is 203 Å². The lowest BCUT2D eigenvalue weighted by Gasteiger charge is -2.28. The van der Waals surface area contributed by atoms with Crippen LogP contribution in [0.3, 0.4) is 0 Å². The largest absolute Gasteiger partial charge is 0.497 e. The summed E-state index contributed by atoms with van der Waals surface area (Å²) in [7, 11) is 1.66. The number of hydrogen-bond acceptors (Lipinski definition) is 7. The van der Waals surface area contributed by atoms with Crippen LogP contribution in [0, 0.1) is 5.92 Å². The molecule has 0 fully saturated rings. The van der Waals surface area contributed by atoms with E-state index in [-0.39, 0.29) is 5.92 Å². The first kappa shape index (κ1) is 27.2. The van der Waals surface area contributed by atoms with Gasteiger partial charge in [-0.1, -0.05) is 38.1 Å². The van der Waals surface area contributed by atoms with Crippen LogP contribution in [0.2, 0.25) is 0 Å². The minimum Gasteiger partial charge on any atom is -0.497 e. The monoisotopic (exact) mass is 469 g/mol. The first-order chi connectivity index (χ1) is 16.0. The third-order valence-corrected chi connectivity index (χ3v) is 5.16. The van der Waals surface area contributed by atoms with Crippen LogP contribution in [0.4, 0.5) is 11.4 Å². The van der Waals surface area contributed by atoms with Gasteiger partial charge in [0.15, 0.2) is 0 Å². The second kappa shape index (κ2) is 12.4. The Balaban J connectivity index is 2.18. The molecule has 7 nitrogen and oxygen atoms in total. The fourth-order valence-electron chi connectivity index (χ4n) is 3.51. The van der Waals surface area contributed by atoms with E-state index in [1.165, 1.54) is 0 Å². The maximum atomic E-state index is 12.8. The van der Waals surface area contributed by atoms with Gasteiger partial charge in [0.1, 0.15) is 11.4 Å². The summed E-state index contributed by atoms with van der Waals surface area (Å²) >= 11 is 0. The van der Waals surface area contributed by atoms with Gasteiger partial charge in [-0.2, -0.15) is 0 Å². The number of esters is 1. The molecule has 0 heterocycles. The Morgan fingerprint density at radius 2 is 1.68 bits per heavy atom. The molecule has 0 amide bonds. The SMILES string of the molecule is CCN(Cc1ccc(OC)cc1)c1ccccc1NNC(CC(C)C)C(=O)C(=O)OC(C)(C)C. The summed E-state index contributed by atoms with van der Waals surface area (Å²) in [6, 6.07) is 15.2. The van der Waals surface area contributed by atoms with Gasteiger partial charge in [-0.05, 0) is 69.9 Å². The summed E-state index contributed by atoms with van der Waals surface area (Å²) < 4.78 is 10.6. The van der Waals surface area contributed by atoms with E-state index in [1.807, 2.05) is 62.4 Å². The highest BCUT2D eigenvalue weighted by Gasteiger charge is 2.30. The van der Waals surface area contributed by atoms with Gasteiger partial charge < -0.3 is 19.8 Å². The van der Waals surface area contributed by atoms with E-state index in [2.05, 4.69) is 22.7 Å². The minimum atomic E-state index is -0.824. The molecular weight excluding hydrogens is 430 g/mol. The molecule has 0 spiro atoms. The normalized spacial score (nSPS) is 12.2. The number of nitrogens with zero attached hydrogens (tertiary/aromatic N) is 1. The lowest BCUT2D eigenvalue weighted by Crippen LogP contribution is -2.46. The predicted molar refractivity (Wildman–Crippen MR) is 137 cm³/mol. The molecule has 186 valence electrons. The summed E-state index contributed by atoms with van der Waals surface area (Å²) in [5.74, 6) is -0.373. The molecule has 2 N–H and O–H groups in total. The molecule has 2 rings (SSSR count). The number of carbonyl (C=O) groups excluding carboxylic acids is 2. The summed E-state index contributed by atoms with van der Waals surface area (Å²) in [5, 5.41) is 0. The highest BCUT2D eigenvalue weighted by Crippen LogP contribution is 2.27. The van der Waals surface area contributed by atoms with Crippen LogP contribution in [0.5, 0.6) is 5.75 Å². The van der Waals surface area contributed by atoms with Gasteiger partial charge in [-0.25, -0.2) is 10.2 Å². The van der Waals surface area contributed by atoms with Crippen molar-refractivity contribution in [1.29, 1.82) is 0 Å². The Kier molecular flexibility index (Phi) is 9.93. The maximum absolute atomic E-state index is 12.8. The van der Waals surface area contributed by atoms with E-state index in [1.54, 1.807) is 27.9 Å². The van der Waals surface area contributed by atoms with Crippen molar-refractivity contribution in [1.82, 2.24) is 5.43 Å². The van der Waals surface area contributed by atoms with Gasteiger partial charge in [0.2, 0.25) is 0 Å². The van der Waals surface area contributed by atoms with E-state index >= 15 is 0 Å². The summed E-state index contributed by atoms with van der Waals surface area (Å²) in [6.07, 6.45) is 0.497. The highest BCUT2D eigenvalue weighted by atomic mass is 16.6. The number of anilines is 2. The fraction of sp³-hybridized carbons (Fsp3) is 0.481. The van der Waals surface area contributed by atoms with E-state index in [0.29, 0.717) is 13.0 Å². The van der Waals surface area contributed by atoms with Crippen molar-refractivity contribution in [3.63, 3.8) is 0 Å². The number of carbonyl (C=O) groups is 2. The molecule has 0 aliphatic rings. The van der Waals surface area contributed by atoms with Crippen LogP contribution in [-0.4, -0.2) is 37.0 Å². The first-order valence-corrected chi connectivity index (χ1v) is 11.8. The molecule has 0 aliphatic heterocycles. The summed E-state index contributed by atoms with van der Waals surface area (Å²) in [6.45, 7) is 12.9. The van der Waals surface area contributed by atoms with Gasteiger partial charge in [0.05, 0.1) is 24.5 Å². The molecule has 0 saturated heterocycles. The second-order valence-electron chi connectivity index (χ2n) is 9.70. The van der Waals surface area contributed by atoms with Gasteiger partial charge in [-0.3, -0.25) is 4.79 Å². The van der Waals surface area contributed by atoms with Crippen molar-refractivity contribution >= 4 is 23.1 Å². The third kappa shape index (κ3) is 8.37. The Bertz CT molecular complexity index is 936. The Morgan fingerprint density at radius 3 is 2.24 bits per heavy atom. The molecule has 0 aromatic heterocycles. The number of Topliss-reactive ketones (excluding diaryl/α,β-unsaturated/α-hetero) is 1. The predicted octanol–water partition coefficient (Wildman–Crippen LogP) is 4.96. The Hall–Kier alpha value is -3.06. The standard InChI is InChI=1S/C27H39N3O4/c1-8-30(18-20-13-15-21(33-7)16-14-20)24-12-10-9-11-22(24)28-29-23(17-19(2)3)25(31)26(32)34-27(4,5)6/h9-16,19,23,28-29H,8,17-18H2,1-7H3. The molecule has 34 heavy (non-hydrogen) atoms. The lowest BCUT2D eigenvalue weighted by molar-refractivity contribution is -0.163. The fourth-order valence-corrected chi connectivity index (χ4v) is 3.51. The number of ether oxygens (including phenoxy) is 2. The van der Waals surface area contributed by atoms with Crippen molar-refractivity contribution in [2.75, 3.05) is 24.0 Å². The molecule has 0 saturated carbocycles. The van der Waals surface area contributed by atoms with Crippen LogP contribution >= 0.6 is 0 Å². The number of para-hydroxylation sites is 2. The molecule has 2 aromatic carbocycles. The van der Waals surface area contributed by atoms with Crippen LogP contribution in [-0.2, 0) is 20.9 Å². The van der Waals surface area contributed by atoms with Crippen LogP contribution in [0.15, 0.2) is 48.5 Å². The van der Waals surface area contributed by atoms with Gasteiger partial charge >= 0.3 is 5.97 Å². The number of benzene rings is 2. The average molecular weight is 470 g/mol. The zero-order chi connectivity index (χ0) is 25.3. The van der Waals surface area contributed by atoms with Crippen LogP contribution in [0.1, 0.15) is 53.5 Å². The van der Waals surface area contributed by atoms with Gasteiger partial charge in [0, 0.05) is 13.1 Å². The maximum Gasteiger partial charge on any atom is 0.376 e. The van der Waals surface area contributed by atoms with Crippen molar-refractivity contribution < 1.29 is 19.1 Å². The average Bonchev–Trinajstić information content (AvgIpc) is 2.79. The van der Waals surface area contributed by atoms with Crippen molar-refractivity contribution in [3.05, 3.63) is 54.1 Å². The van der Waals surface area contributed by atoms with E-state index < -0.39 is 23.4 Å². The summed E-state index contributed by atoms with van der Waals surface area (Å²) in [5.41, 5.74) is 8.53.